The summed E-state index contributed by atoms with van der Waals surface area (Å²) in [5.41, 5.74) is 3.23. The van der Waals surface area contributed by atoms with E-state index >= 15 is 0 Å². The largest absolute Gasteiger partial charge is 0.384 e. The van der Waals surface area contributed by atoms with Crippen molar-refractivity contribution in [1.29, 1.82) is 0 Å². The number of carbonyl (C=O) groups excluding carboxylic acids is 1. The van der Waals surface area contributed by atoms with E-state index in [1.165, 1.54) is 17.7 Å². The number of halogens is 1. The summed E-state index contributed by atoms with van der Waals surface area (Å²) in [4.78, 5) is 12.0. The van der Waals surface area contributed by atoms with Gasteiger partial charge >= 0.3 is 0 Å². The van der Waals surface area contributed by atoms with Crippen LogP contribution < -0.4 is 10.6 Å². The molecule has 0 saturated heterocycles. The van der Waals surface area contributed by atoms with Crippen LogP contribution in [0.2, 0.25) is 0 Å². The summed E-state index contributed by atoms with van der Waals surface area (Å²) in [6, 6.07) is 5.93. The van der Waals surface area contributed by atoms with Gasteiger partial charge in [-0.05, 0) is 48.4 Å². The molecule has 0 aromatic heterocycles. The van der Waals surface area contributed by atoms with E-state index in [2.05, 4.69) is 17.6 Å². The summed E-state index contributed by atoms with van der Waals surface area (Å²) in [6.45, 7) is 4.05. The fourth-order valence-electron chi connectivity index (χ4n) is 2.46. The van der Waals surface area contributed by atoms with Crippen molar-refractivity contribution in [2.24, 2.45) is 11.8 Å². The van der Waals surface area contributed by atoms with E-state index in [9.17, 15) is 4.79 Å². The first-order chi connectivity index (χ1) is 8.24. The average Bonchev–Trinajstić information content (AvgIpc) is 2.86. The van der Waals surface area contributed by atoms with Crippen LogP contribution in [0.1, 0.15) is 29.3 Å². The van der Waals surface area contributed by atoms with Crippen LogP contribution in [-0.4, -0.2) is 19.0 Å². The topological polar surface area (TPSA) is 41.1 Å². The highest BCUT2D eigenvalue weighted by molar-refractivity contribution is 5.95. The number of hydrogen-bond donors (Lipinski definition) is 2. The molecule has 2 aliphatic rings. The molecule has 2 N–H and O–H groups in total. The molecule has 1 aromatic rings. The Balaban J connectivity index is 0.00000120. The highest BCUT2D eigenvalue weighted by Crippen LogP contribution is 2.36. The smallest absolute Gasteiger partial charge is 0.251 e. The summed E-state index contributed by atoms with van der Waals surface area (Å²) >= 11 is 0. The quantitative estimate of drug-likeness (QED) is 0.882. The van der Waals surface area contributed by atoms with Crippen LogP contribution in [0.5, 0.6) is 0 Å². The summed E-state index contributed by atoms with van der Waals surface area (Å²) in [7, 11) is 0. The molecule has 1 aliphatic carbocycles. The zero-order chi connectivity index (χ0) is 11.8. The van der Waals surface area contributed by atoms with E-state index < -0.39 is 0 Å². The Morgan fingerprint density at radius 3 is 3.00 bits per heavy atom. The molecule has 18 heavy (non-hydrogen) atoms. The van der Waals surface area contributed by atoms with Crippen LogP contribution in [-0.2, 0) is 6.42 Å². The Bertz CT molecular complexity index is 461. The number of anilines is 1. The molecule has 3 nitrogen and oxygen atoms in total. The highest BCUT2D eigenvalue weighted by Gasteiger charge is 2.32. The lowest BCUT2D eigenvalue weighted by Gasteiger charge is -2.06. The molecule has 1 aromatic carbocycles. The third-order valence-electron chi connectivity index (χ3n) is 3.88. The highest BCUT2D eigenvalue weighted by atomic mass is 35.5. The fourth-order valence-corrected chi connectivity index (χ4v) is 2.46. The van der Waals surface area contributed by atoms with E-state index in [1.807, 2.05) is 18.2 Å². The summed E-state index contributed by atoms with van der Waals surface area (Å²) in [5, 5.41) is 6.32. The zero-order valence-electron chi connectivity index (χ0n) is 10.5. The number of carbonyl (C=O) groups is 1. The molecule has 0 bridgehead atoms. The fraction of sp³-hybridized carbons (Fsp3) is 0.500. The molecule has 1 fully saturated rings. The molecule has 0 radical (unpaired) electrons. The van der Waals surface area contributed by atoms with Gasteiger partial charge in [-0.2, -0.15) is 0 Å². The van der Waals surface area contributed by atoms with Crippen LogP contribution in [0, 0.1) is 11.8 Å². The van der Waals surface area contributed by atoms with Crippen molar-refractivity contribution in [3.05, 3.63) is 29.3 Å². The van der Waals surface area contributed by atoms with Crippen LogP contribution in [0.4, 0.5) is 5.69 Å². The van der Waals surface area contributed by atoms with Gasteiger partial charge in [-0.25, -0.2) is 0 Å². The second kappa shape index (κ2) is 5.19. The molecule has 1 amide bonds. The van der Waals surface area contributed by atoms with Crippen molar-refractivity contribution >= 4 is 24.0 Å². The van der Waals surface area contributed by atoms with E-state index in [4.69, 9.17) is 0 Å². The Labute approximate surface area is 114 Å². The van der Waals surface area contributed by atoms with Gasteiger partial charge in [0.1, 0.15) is 0 Å². The predicted molar refractivity (Wildman–Crippen MR) is 75.5 cm³/mol. The number of rotatable bonds is 3. The Hall–Kier alpha value is -1.22. The third-order valence-corrected chi connectivity index (χ3v) is 3.88. The van der Waals surface area contributed by atoms with Crippen LogP contribution in [0.15, 0.2) is 18.2 Å². The van der Waals surface area contributed by atoms with Gasteiger partial charge in [0.05, 0.1) is 0 Å². The molecule has 1 saturated carbocycles. The number of nitrogens with one attached hydrogen (secondary N) is 2. The maximum absolute atomic E-state index is 12.0. The molecule has 0 spiro atoms. The number of benzene rings is 1. The maximum atomic E-state index is 12.0. The molecule has 98 valence electrons. The van der Waals surface area contributed by atoms with Crippen molar-refractivity contribution in [1.82, 2.24) is 5.32 Å². The van der Waals surface area contributed by atoms with Gasteiger partial charge < -0.3 is 10.6 Å². The van der Waals surface area contributed by atoms with Gasteiger partial charge in [0, 0.05) is 24.3 Å². The van der Waals surface area contributed by atoms with Gasteiger partial charge in [0.15, 0.2) is 0 Å². The molecule has 2 atom stereocenters. The summed E-state index contributed by atoms with van der Waals surface area (Å²) in [6.07, 6.45) is 2.28. The van der Waals surface area contributed by atoms with Gasteiger partial charge in [0.2, 0.25) is 0 Å². The normalized spacial score (nSPS) is 23.6. The SMILES string of the molecule is CC1CC1CNC(=O)c1ccc2c(c1)CCN2.Cl. The van der Waals surface area contributed by atoms with Gasteiger partial charge in [-0.3, -0.25) is 4.79 Å². The maximum Gasteiger partial charge on any atom is 0.251 e. The van der Waals surface area contributed by atoms with Crippen molar-refractivity contribution in [3.63, 3.8) is 0 Å². The lowest BCUT2D eigenvalue weighted by Crippen LogP contribution is -2.25. The Morgan fingerprint density at radius 1 is 1.50 bits per heavy atom. The third kappa shape index (κ3) is 2.61. The first-order valence-electron chi connectivity index (χ1n) is 6.39. The van der Waals surface area contributed by atoms with Gasteiger partial charge in [0.25, 0.3) is 5.91 Å². The second-order valence-corrected chi connectivity index (χ2v) is 5.23. The van der Waals surface area contributed by atoms with Crippen molar-refractivity contribution in [2.45, 2.75) is 19.8 Å². The lowest BCUT2D eigenvalue weighted by molar-refractivity contribution is 0.0951. The first-order valence-corrected chi connectivity index (χ1v) is 6.39. The van der Waals surface area contributed by atoms with Crippen LogP contribution in [0.3, 0.4) is 0 Å². The Kier molecular flexibility index (Phi) is 3.81. The van der Waals surface area contributed by atoms with E-state index in [-0.39, 0.29) is 18.3 Å². The standard InChI is InChI=1S/C14H18N2O.ClH/c1-9-6-12(9)8-16-14(17)11-2-3-13-10(7-11)4-5-15-13;/h2-3,7,9,12,15H,4-6,8H2,1H3,(H,16,17);1H. The number of hydrogen-bond acceptors (Lipinski definition) is 2. The minimum atomic E-state index is 0. The number of amides is 1. The van der Waals surface area contributed by atoms with Crippen LogP contribution in [0.25, 0.3) is 0 Å². The number of fused-ring (bicyclic) bond motifs is 1. The van der Waals surface area contributed by atoms with Gasteiger partial charge in [-0.15, -0.1) is 12.4 Å². The van der Waals surface area contributed by atoms with Crippen LogP contribution >= 0.6 is 12.4 Å². The van der Waals surface area contributed by atoms with Crippen molar-refractivity contribution in [2.75, 3.05) is 18.4 Å². The predicted octanol–water partition coefficient (Wildman–Crippen LogP) is 2.46. The van der Waals surface area contributed by atoms with Crippen molar-refractivity contribution < 1.29 is 4.79 Å². The zero-order valence-corrected chi connectivity index (χ0v) is 11.3. The molecule has 2 unspecified atom stereocenters. The first kappa shape index (κ1) is 13.2. The van der Waals surface area contributed by atoms with E-state index in [1.54, 1.807) is 0 Å². The average molecular weight is 267 g/mol. The minimum Gasteiger partial charge on any atom is -0.384 e. The molecule has 4 heteroatoms. The second-order valence-electron chi connectivity index (χ2n) is 5.23. The minimum absolute atomic E-state index is 0. The Morgan fingerprint density at radius 2 is 2.28 bits per heavy atom. The molecule has 1 aliphatic heterocycles. The van der Waals surface area contributed by atoms with E-state index in [0.717, 1.165) is 31.0 Å². The molecule has 1 heterocycles. The van der Waals surface area contributed by atoms with Gasteiger partial charge in [-0.1, -0.05) is 6.92 Å². The monoisotopic (exact) mass is 266 g/mol. The molecule has 3 rings (SSSR count). The molecular formula is C14H19ClN2O. The molecular weight excluding hydrogens is 248 g/mol. The summed E-state index contributed by atoms with van der Waals surface area (Å²) < 4.78 is 0. The van der Waals surface area contributed by atoms with E-state index in [0.29, 0.717) is 5.92 Å². The van der Waals surface area contributed by atoms with Crippen molar-refractivity contribution in [3.8, 4) is 0 Å². The lowest BCUT2D eigenvalue weighted by atomic mass is 10.1. The summed E-state index contributed by atoms with van der Waals surface area (Å²) in [5.74, 6) is 1.56.